The molecule has 0 aliphatic carbocycles. The molecule has 2 N–H and O–H groups in total. The fraction of sp³-hybridized carbons (Fsp3) is 0.778. The normalized spacial score (nSPS) is 8.58. The van der Waals surface area contributed by atoms with Gasteiger partial charge in [-0.05, 0) is 6.42 Å². The number of allylic oxidation sites excluding steroid dienone is 1. The molecule has 12 heavy (non-hydrogen) atoms. The van der Waals surface area contributed by atoms with E-state index in [4.69, 9.17) is 10.2 Å². The molecule has 0 aliphatic heterocycles. The van der Waals surface area contributed by atoms with Gasteiger partial charge in [0.1, 0.15) is 0 Å². The van der Waals surface area contributed by atoms with Gasteiger partial charge in [0.25, 0.3) is 0 Å². The quantitative estimate of drug-likeness (QED) is 0.468. The molecule has 0 rings (SSSR count). The Morgan fingerprint density at radius 1 is 1.25 bits per heavy atom. The standard InChI is InChI=1S/C5H10.C4H10O3/c1-3-5-4-2;5-1-3-7-4-2-6/h3H,1,4-5H2,2H3;5-6H,1-4H2. The van der Waals surface area contributed by atoms with Crippen LogP contribution in [-0.2, 0) is 4.74 Å². The maximum Gasteiger partial charge on any atom is 0.0698 e. The van der Waals surface area contributed by atoms with Gasteiger partial charge in [-0.1, -0.05) is 19.4 Å². The number of unbranched alkanes of at least 4 members (excludes halogenated alkanes) is 1. The van der Waals surface area contributed by atoms with Crippen molar-refractivity contribution in [3.63, 3.8) is 0 Å². The average Bonchev–Trinajstić information content (AvgIpc) is 2.08. The van der Waals surface area contributed by atoms with E-state index in [0.29, 0.717) is 13.2 Å². The molecule has 0 spiro atoms. The number of ether oxygens (including phenoxy) is 1. The summed E-state index contributed by atoms with van der Waals surface area (Å²) in [6.07, 6.45) is 4.31. The molecule has 0 saturated carbocycles. The van der Waals surface area contributed by atoms with Crippen LogP contribution >= 0.6 is 0 Å². The smallest absolute Gasteiger partial charge is 0.0698 e. The van der Waals surface area contributed by atoms with Crippen LogP contribution in [0.15, 0.2) is 12.7 Å². The van der Waals surface area contributed by atoms with Gasteiger partial charge in [-0.25, -0.2) is 0 Å². The van der Waals surface area contributed by atoms with E-state index in [9.17, 15) is 0 Å². The Kier molecular flexibility index (Phi) is 20.0. The molecule has 0 aliphatic rings. The van der Waals surface area contributed by atoms with Crippen LogP contribution < -0.4 is 0 Å². The van der Waals surface area contributed by atoms with E-state index in [-0.39, 0.29) is 13.2 Å². The number of hydrogen-bond acceptors (Lipinski definition) is 3. The summed E-state index contributed by atoms with van der Waals surface area (Å²) in [6, 6.07) is 0. The Hall–Kier alpha value is -0.380. The maximum absolute atomic E-state index is 8.09. The van der Waals surface area contributed by atoms with Crippen LogP contribution in [0.5, 0.6) is 0 Å². The van der Waals surface area contributed by atoms with Crippen LogP contribution in [0.1, 0.15) is 19.8 Å². The van der Waals surface area contributed by atoms with E-state index in [1.54, 1.807) is 0 Å². The number of hydrogen-bond donors (Lipinski definition) is 2. The van der Waals surface area contributed by atoms with Gasteiger partial charge in [0.05, 0.1) is 26.4 Å². The van der Waals surface area contributed by atoms with Crippen molar-refractivity contribution in [2.75, 3.05) is 26.4 Å². The van der Waals surface area contributed by atoms with E-state index >= 15 is 0 Å². The van der Waals surface area contributed by atoms with Gasteiger partial charge in [-0.2, -0.15) is 0 Å². The summed E-state index contributed by atoms with van der Waals surface area (Å²) >= 11 is 0. The average molecular weight is 176 g/mol. The first-order chi connectivity index (χ1) is 5.83. The van der Waals surface area contributed by atoms with Crippen LogP contribution in [0.4, 0.5) is 0 Å². The molecule has 3 heteroatoms. The van der Waals surface area contributed by atoms with Crippen molar-refractivity contribution in [2.24, 2.45) is 0 Å². The van der Waals surface area contributed by atoms with Crippen molar-refractivity contribution in [2.45, 2.75) is 19.8 Å². The second-order valence-corrected chi connectivity index (χ2v) is 2.14. The Morgan fingerprint density at radius 3 is 1.92 bits per heavy atom. The molecule has 0 fully saturated rings. The summed E-state index contributed by atoms with van der Waals surface area (Å²) < 4.78 is 4.63. The molecule has 0 aromatic carbocycles. The summed E-state index contributed by atoms with van der Waals surface area (Å²) in [7, 11) is 0. The third kappa shape index (κ3) is 22.6. The topological polar surface area (TPSA) is 49.7 Å². The minimum absolute atomic E-state index is 0.0278. The second kappa shape index (κ2) is 16.9. The highest BCUT2D eigenvalue weighted by Crippen LogP contribution is 1.82. The molecule has 0 radical (unpaired) electrons. The van der Waals surface area contributed by atoms with Gasteiger partial charge < -0.3 is 14.9 Å². The van der Waals surface area contributed by atoms with Gasteiger partial charge in [-0.3, -0.25) is 0 Å². The Morgan fingerprint density at radius 2 is 1.75 bits per heavy atom. The SMILES string of the molecule is C=CCCC.OCCOCCO. The van der Waals surface area contributed by atoms with Gasteiger partial charge in [0, 0.05) is 0 Å². The molecule has 74 valence electrons. The van der Waals surface area contributed by atoms with Crippen molar-refractivity contribution < 1.29 is 14.9 Å². The molecular formula is C9H20O3. The van der Waals surface area contributed by atoms with Crippen molar-refractivity contribution >= 4 is 0 Å². The molecular weight excluding hydrogens is 156 g/mol. The predicted molar refractivity (Wildman–Crippen MR) is 50.1 cm³/mol. The summed E-state index contributed by atoms with van der Waals surface area (Å²) in [5.41, 5.74) is 0. The highest BCUT2D eigenvalue weighted by atomic mass is 16.5. The summed E-state index contributed by atoms with van der Waals surface area (Å²) in [6.45, 7) is 6.39. The zero-order valence-electron chi connectivity index (χ0n) is 7.83. The van der Waals surface area contributed by atoms with E-state index in [2.05, 4.69) is 18.2 Å². The largest absolute Gasteiger partial charge is 0.394 e. The van der Waals surface area contributed by atoms with E-state index in [1.807, 2.05) is 6.08 Å². The van der Waals surface area contributed by atoms with E-state index in [0.717, 1.165) is 6.42 Å². The first-order valence-electron chi connectivity index (χ1n) is 4.23. The second-order valence-electron chi connectivity index (χ2n) is 2.14. The lowest BCUT2D eigenvalue weighted by molar-refractivity contribution is 0.0650. The van der Waals surface area contributed by atoms with Crippen molar-refractivity contribution in [1.82, 2.24) is 0 Å². The Balaban J connectivity index is 0. The van der Waals surface area contributed by atoms with Crippen LogP contribution in [0.2, 0.25) is 0 Å². The van der Waals surface area contributed by atoms with Crippen LogP contribution in [0, 0.1) is 0 Å². The Labute approximate surface area is 74.7 Å². The van der Waals surface area contributed by atoms with E-state index in [1.165, 1.54) is 6.42 Å². The first-order valence-corrected chi connectivity index (χ1v) is 4.23. The monoisotopic (exact) mass is 176 g/mol. The van der Waals surface area contributed by atoms with Gasteiger partial charge in [0.2, 0.25) is 0 Å². The predicted octanol–water partition coefficient (Wildman–Crippen LogP) is 0.960. The summed E-state index contributed by atoms with van der Waals surface area (Å²) in [5, 5.41) is 16.2. The molecule has 0 amide bonds. The highest BCUT2D eigenvalue weighted by Gasteiger charge is 1.79. The number of rotatable bonds is 6. The lowest BCUT2D eigenvalue weighted by Crippen LogP contribution is -2.03. The first kappa shape index (κ1) is 14.2. The van der Waals surface area contributed by atoms with Crippen molar-refractivity contribution in [1.29, 1.82) is 0 Å². The maximum atomic E-state index is 8.09. The van der Waals surface area contributed by atoms with E-state index < -0.39 is 0 Å². The lowest BCUT2D eigenvalue weighted by atomic mass is 10.3. The molecule has 0 aromatic heterocycles. The van der Waals surface area contributed by atoms with Gasteiger partial charge >= 0.3 is 0 Å². The van der Waals surface area contributed by atoms with Crippen molar-refractivity contribution in [3.8, 4) is 0 Å². The fourth-order valence-electron chi connectivity index (χ4n) is 0.435. The minimum Gasteiger partial charge on any atom is -0.394 e. The van der Waals surface area contributed by atoms with Crippen LogP contribution in [0.25, 0.3) is 0 Å². The third-order valence-corrected chi connectivity index (χ3v) is 0.964. The molecule has 0 saturated heterocycles. The lowest BCUT2D eigenvalue weighted by Gasteiger charge is -1.94. The minimum atomic E-state index is 0.0278. The third-order valence-electron chi connectivity index (χ3n) is 0.964. The molecule has 0 bridgehead atoms. The zero-order chi connectivity index (χ0) is 9.66. The van der Waals surface area contributed by atoms with Crippen LogP contribution in [-0.4, -0.2) is 36.6 Å². The van der Waals surface area contributed by atoms with Crippen LogP contribution in [0.3, 0.4) is 0 Å². The van der Waals surface area contributed by atoms with Gasteiger partial charge in [0.15, 0.2) is 0 Å². The fourth-order valence-corrected chi connectivity index (χ4v) is 0.435. The zero-order valence-corrected chi connectivity index (χ0v) is 7.83. The van der Waals surface area contributed by atoms with Crippen molar-refractivity contribution in [3.05, 3.63) is 12.7 Å². The molecule has 0 heterocycles. The molecule has 0 unspecified atom stereocenters. The molecule has 0 aromatic rings. The highest BCUT2D eigenvalue weighted by molar-refractivity contribution is 4.63. The summed E-state index contributed by atoms with van der Waals surface area (Å²) in [5.74, 6) is 0. The summed E-state index contributed by atoms with van der Waals surface area (Å²) in [4.78, 5) is 0. The number of aliphatic hydroxyl groups is 2. The van der Waals surface area contributed by atoms with Gasteiger partial charge in [-0.15, -0.1) is 6.58 Å². The Bertz CT molecular complexity index is 70.2. The molecule has 3 nitrogen and oxygen atoms in total. The number of aliphatic hydroxyl groups excluding tert-OH is 2. The molecule has 0 atom stereocenters.